The molecule has 140 valence electrons. The Hall–Kier alpha value is -1.61. The minimum absolute atomic E-state index is 0.376. The van der Waals surface area contributed by atoms with Crippen LogP contribution in [0.2, 0.25) is 0 Å². The van der Waals surface area contributed by atoms with E-state index in [1.807, 2.05) is 45.0 Å². The topological polar surface area (TPSA) is 66.5 Å². The van der Waals surface area contributed by atoms with E-state index < -0.39 is 16.1 Å². The Labute approximate surface area is 169 Å². The molecule has 1 amide bonds. The van der Waals surface area contributed by atoms with E-state index in [2.05, 4.69) is 27.9 Å². The molecule has 2 rings (SSSR count). The molecule has 0 aromatic heterocycles. The predicted octanol–water partition coefficient (Wildman–Crippen LogP) is 4.01. The van der Waals surface area contributed by atoms with Crippen molar-refractivity contribution in [2.24, 2.45) is 0 Å². The molecule has 2 aromatic carbocycles. The van der Waals surface area contributed by atoms with Crippen LogP contribution in [0.1, 0.15) is 23.6 Å². The fourth-order valence-corrected chi connectivity index (χ4v) is 4.70. The predicted molar refractivity (Wildman–Crippen MR) is 115 cm³/mol. The molecule has 7 heteroatoms. The van der Waals surface area contributed by atoms with E-state index in [1.54, 1.807) is 19.1 Å². The number of hydrogen-bond acceptors (Lipinski definition) is 3. The molecule has 0 aliphatic carbocycles. The minimum Gasteiger partial charge on any atom is -0.324 e. The zero-order chi connectivity index (χ0) is 19.6. The first-order chi connectivity index (χ1) is 12.0. The maximum absolute atomic E-state index is 12.8. The van der Waals surface area contributed by atoms with Crippen LogP contribution in [0.4, 0.5) is 11.4 Å². The Kier molecular flexibility index (Phi) is 6.33. The second-order valence-electron chi connectivity index (χ2n) is 6.53. The van der Waals surface area contributed by atoms with Crippen LogP contribution < -0.4 is 9.62 Å². The highest BCUT2D eigenvalue weighted by molar-refractivity contribution is 14.1. The standard InChI is InChI=1S/C19H23IN2O3S/c1-12-8-13(2)10-17(9-12)22(26(5,24)25)15(4)19(23)21-18-7-6-16(20)11-14(18)3/h6-11,15H,1-5H3,(H,21,23)/t15-/m1/s1. The first-order valence-corrected chi connectivity index (χ1v) is 11.1. The molecule has 0 heterocycles. The van der Waals surface area contributed by atoms with E-state index in [0.29, 0.717) is 11.4 Å². The third-order valence-electron chi connectivity index (χ3n) is 4.00. The summed E-state index contributed by atoms with van der Waals surface area (Å²) in [6.45, 7) is 7.30. The molecule has 0 fully saturated rings. The second kappa shape index (κ2) is 7.96. The van der Waals surface area contributed by atoms with Crippen LogP contribution in [0.5, 0.6) is 0 Å². The number of nitrogens with zero attached hydrogens (tertiary/aromatic N) is 1. The summed E-state index contributed by atoms with van der Waals surface area (Å²) in [5.74, 6) is -0.376. The highest BCUT2D eigenvalue weighted by Crippen LogP contribution is 2.25. The first-order valence-electron chi connectivity index (χ1n) is 8.14. The molecule has 0 bridgehead atoms. The number of halogens is 1. The van der Waals surface area contributed by atoms with Gasteiger partial charge in [-0.3, -0.25) is 9.10 Å². The van der Waals surface area contributed by atoms with E-state index in [9.17, 15) is 13.2 Å². The zero-order valence-corrected chi connectivity index (χ0v) is 18.5. The Morgan fingerprint density at radius 2 is 1.65 bits per heavy atom. The van der Waals surface area contributed by atoms with Crippen molar-refractivity contribution in [1.29, 1.82) is 0 Å². The van der Waals surface area contributed by atoms with Crippen LogP contribution in [0, 0.1) is 24.3 Å². The third kappa shape index (κ3) is 4.97. The summed E-state index contributed by atoms with van der Waals surface area (Å²) in [5.41, 5.74) is 3.97. The van der Waals surface area contributed by atoms with Crippen molar-refractivity contribution in [3.8, 4) is 0 Å². The average Bonchev–Trinajstić information content (AvgIpc) is 2.47. The van der Waals surface area contributed by atoms with Crippen LogP contribution in [0.15, 0.2) is 36.4 Å². The first kappa shape index (κ1) is 20.7. The van der Waals surface area contributed by atoms with Gasteiger partial charge in [-0.2, -0.15) is 0 Å². The van der Waals surface area contributed by atoms with Crippen LogP contribution in [-0.2, 0) is 14.8 Å². The molecule has 0 saturated heterocycles. The molecule has 0 unspecified atom stereocenters. The normalized spacial score (nSPS) is 12.5. The molecule has 1 atom stereocenters. The summed E-state index contributed by atoms with van der Waals surface area (Å²) < 4.78 is 27.1. The van der Waals surface area contributed by atoms with Gasteiger partial charge in [0.05, 0.1) is 11.9 Å². The smallest absolute Gasteiger partial charge is 0.248 e. The number of carbonyl (C=O) groups excluding carboxylic acids is 1. The van der Waals surface area contributed by atoms with Gasteiger partial charge in [-0.15, -0.1) is 0 Å². The zero-order valence-electron chi connectivity index (χ0n) is 15.5. The van der Waals surface area contributed by atoms with Crippen LogP contribution in [0.3, 0.4) is 0 Å². The number of amides is 1. The maximum atomic E-state index is 12.8. The molecule has 1 N–H and O–H groups in total. The molecule has 2 aromatic rings. The molecule has 0 aliphatic heterocycles. The van der Waals surface area contributed by atoms with Crippen molar-refractivity contribution < 1.29 is 13.2 Å². The van der Waals surface area contributed by atoms with Crippen LogP contribution in [-0.4, -0.2) is 26.6 Å². The minimum atomic E-state index is -3.63. The Morgan fingerprint density at radius 3 is 2.15 bits per heavy atom. The van der Waals surface area contributed by atoms with Crippen molar-refractivity contribution in [1.82, 2.24) is 0 Å². The lowest BCUT2D eigenvalue weighted by atomic mass is 10.1. The van der Waals surface area contributed by atoms with Crippen molar-refractivity contribution in [3.05, 3.63) is 56.7 Å². The van der Waals surface area contributed by atoms with Crippen LogP contribution in [0.25, 0.3) is 0 Å². The average molecular weight is 486 g/mol. The van der Waals surface area contributed by atoms with E-state index in [0.717, 1.165) is 26.5 Å². The molecule has 0 saturated carbocycles. The van der Waals surface area contributed by atoms with Gasteiger partial charge >= 0.3 is 0 Å². The lowest BCUT2D eigenvalue weighted by molar-refractivity contribution is -0.116. The Balaban J connectivity index is 2.37. The van der Waals surface area contributed by atoms with E-state index in [1.165, 1.54) is 4.31 Å². The summed E-state index contributed by atoms with van der Waals surface area (Å²) in [7, 11) is -3.63. The fraction of sp³-hybridized carbons (Fsp3) is 0.316. The summed E-state index contributed by atoms with van der Waals surface area (Å²) in [6.07, 6.45) is 1.12. The molecule has 0 spiro atoms. The van der Waals surface area contributed by atoms with E-state index >= 15 is 0 Å². The highest BCUT2D eigenvalue weighted by Gasteiger charge is 2.29. The number of rotatable bonds is 5. The second-order valence-corrected chi connectivity index (χ2v) is 9.63. The number of nitrogens with one attached hydrogen (secondary N) is 1. The highest BCUT2D eigenvalue weighted by atomic mass is 127. The van der Waals surface area contributed by atoms with Crippen LogP contribution >= 0.6 is 22.6 Å². The maximum Gasteiger partial charge on any atom is 0.248 e. The van der Waals surface area contributed by atoms with Gasteiger partial charge in [-0.05, 0) is 97.3 Å². The molecule has 5 nitrogen and oxygen atoms in total. The summed E-state index contributed by atoms with van der Waals surface area (Å²) >= 11 is 2.20. The number of anilines is 2. The third-order valence-corrected chi connectivity index (χ3v) is 5.91. The van der Waals surface area contributed by atoms with Gasteiger partial charge in [0, 0.05) is 9.26 Å². The van der Waals surface area contributed by atoms with Crippen molar-refractivity contribution in [2.75, 3.05) is 15.9 Å². The largest absolute Gasteiger partial charge is 0.324 e. The molecular formula is C19H23IN2O3S. The molecule has 0 aliphatic rings. The lowest BCUT2D eigenvalue weighted by Crippen LogP contribution is -2.45. The summed E-state index contributed by atoms with van der Waals surface area (Å²) in [4.78, 5) is 12.8. The molecule has 26 heavy (non-hydrogen) atoms. The van der Waals surface area contributed by atoms with Crippen molar-refractivity contribution in [3.63, 3.8) is 0 Å². The molecular weight excluding hydrogens is 463 g/mol. The number of benzene rings is 2. The van der Waals surface area contributed by atoms with Gasteiger partial charge in [0.15, 0.2) is 0 Å². The number of carbonyl (C=O) groups is 1. The Morgan fingerprint density at radius 1 is 1.08 bits per heavy atom. The van der Waals surface area contributed by atoms with Gasteiger partial charge in [0.2, 0.25) is 15.9 Å². The molecule has 0 radical (unpaired) electrons. The van der Waals surface area contributed by atoms with E-state index in [4.69, 9.17) is 0 Å². The SMILES string of the molecule is Cc1cc(C)cc(N([C@H](C)C(=O)Nc2ccc(I)cc2C)S(C)(=O)=O)c1. The Bertz CT molecular complexity index is 922. The van der Waals surface area contributed by atoms with Gasteiger partial charge in [-0.25, -0.2) is 8.42 Å². The van der Waals surface area contributed by atoms with Crippen molar-refractivity contribution >= 4 is 49.9 Å². The number of aryl methyl sites for hydroxylation is 3. The summed E-state index contributed by atoms with van der Waals surface area (Å²) in [5, 5.41) is 2.84. The lowest BCUT2D eigenvalue weighted by Gasteiger charge is -2.29. The summed E-state index contributed by atoms with van der Waals surface area (Å²) in [6, 6.07) is 10.3. The monoisotopic (exact) mass is 486 g/mol. The van der Waals surface area contributed by atoms with Crippen molar-refractivity contribution in [2.45, 2.75) is 33.7 Å². The number of sulfonamides is 1. The van der Waals surface area contributed by atoms with Gasteiger partial charge in [0.25, 0.3) is 0 Å². The quantitative estimate of drug-likeness (QED) is 0.650. The van der Waals surface area contributed by atoms with Gasteiger partial charge < -0.3 is 5.32 Å². The fourth-order valence-electron chi connectivity index (χ4n) is 2.89. The number of hydrogen-bond donors (Lipinski definition) is 1. The van der Waals surface area contributed by atoms with E-state index in [-0.39, 0.29) is 5.91 Å². The van der Waals surface area contributed by atoms with Gasteiger partial charge in [0.1, 0.15) is 6.04 Å². The van der Waals surface area contributed by atoms with Gasteiger partial charge in [-0.1, -0.05) is 6.07 Å².